The fourth-order valence-corrected chi connectivity index (χ4v) is 2.91. The van der Waals surface area contributed by atoms with E-state index in [1.807, 2.05) is 12.4 Å². The largest absolute Gasteiger partial charge is 0.373 e. The third-order valence-electron chi connectivity index (χ3n) is 3.54. The van der Waals surface area contributed by atoms with Gasteiger partial charge in [-0.15, -0.1) is 0 Å². The van der Waals surface area contributed by atoms with E-state index in [1.165, 1.54) is 3.57 Å². The van der Waals surface area contributed by atoms with Crippen LogP contribution >= 0.6 is 22.6 Å². The van der Waals surface area contributed by atoms with Gasteiger partial charge in [0.1, 0.15) is 5.82 Å². The van der Waals surface area contributed by atoms with Crippen LogP contribution in [0.25, 0.3) is 11.4 Å². The summed E-state index contributed by atoms with van der Waals surface area (Å²) in [6.07, 6.45) is 6.94. The van der Waals surface area contributed by atoms with Crippen molar-refractivity contribution < 1.29 is 4.74 Å². The number of benzene rings is 1. The summed E-state index contributed by atoms with van der Waals surface area (Å²) >= 11 is 2.32. The van der Waals surface area contributed by atoms with Gasteiger partial charge in [-0.2, -0.15) is 0 Å². The van der Waals surface area contributed by atoms with Gasteiger partial charge in [-0.3, -0.25) is 0 Å². The van der Waals surface area contributed by atoms with Crippen molar-refractivity contribution in [1.29, 1.82) is 0 Å². The molecule has 0 N–H and O–H groups in total. The van der Waals surface area contributed by atoms with Crippen molar-refractivity contribution in [2.45, 2.75) is 38.5 Å². The van der Waals surface area contributed by atoms with Crippen LogP contribution in [-0.4, -0.2) is 21.8 Å². The van der Waals surface area contributed by atoms with E-state index in [2.05, 4.69) is 63.3 Å². The average molecular weight is 368 g/mol. The molecule has 1 aromatic heterocycles. The molecule has 1 aromatic carbocycles. The molecular weight excluding hydrogens is 351 g/mol. The highest BCUT2D eigenvalue weighted by Gasteiger charge is 2.22. The van der Waals surface area contributed by atoms with Crippen molar-refractivity contribution in [2.75, 3.05) is 0 Å². The molecule has 2 unspecified atom stereocenters. The van der Waals surface area contributed by atoms with Gasteiger partial charge < -0.3 is 9.30 Å². The lowest BCUT2D eigenvalue weighted by molar-refractivity contribution is 0.0460. The second kappa shape index (κ2) is 5.63. The Labute approximate surface area is 127 Å². The molecule has 0 spiro atoms. The highest BCUT2D eigenvalue weighted by molar-refractivity contribution is 14.1. The molecule has 0 aliphatic carbocycles. The van der Waals surface area contributed by atoms with Gasteiger partial charge in [0.05, 0.1) is 18.8 Å². The van der Waals surface area contributed by atoms with E-state index in [0.717, 1.165) is 30.8 Å². The van der Waals surface area contributed by atoms with E-state index in [9.17, 15) is 0 Å². The monoisotopic (exact) mass is 368 g/mol. The highest BCUT2D eigenvalue weighted by atomic mass is 127. The lowest BCUT2D eigenvalue weighted by atomic mass is 10.2. The van der Waals surface area contributed by atoms with Crippen LogP contribution in [0.5, 0.6) is 0 Å². The molecule has 2 aromatic rings. The summed E-state index contributed by atoms with van der Waals surface area (Å²) < 4.78 is 9.34. The normalized spacial score (nSPS) is 22.8. The Balaban J connectivity index is 1.80. The summed E-state index contributed by atoms with van der Waals surface area (Å²) in [6, 6.07) is 8.48. The molecule has 3 nitrogen and oxygen atoms in total. The number of hydrogen-bond donors (Lipinski definition) is 0. The van der Waals surface area contributed by atoms with Gasteiger partial charge in [0.25, 0.3) is 0 Å². The van der Waals surface area contributed by atoms with Gasteiger partial charge in [0.2, 0.25) is 0 Å². The molecule has 0 amide bonds. The maximum absolute atomic E-state index is 5.89. The first-order valence-corrected chi connectivity index (χ1v) is 7.73. The van der Waals surface area contributed by atoms with Crippen molar-refractivity contribution >= 4 is 22.6 Å². The zero-order valence-electron chi connectivity index (χ0n) is 10.9. The smallest absolute Gasteiger partial charge is 0.139 e. The van der Waals surface area contributed by atoms with E-state index >= 15 is 0 Å². The zero-order valence-corrected chi connectivity index (χ0v) is 13.1. The predicted octanol–water partition coefficient (Wildman–Crippen LogP) is 3.72. The van der Waals surface area contributed by atoms with Gasteiger partial charge in [-0.05, 0) is 54.5 Å². The zero-order chi connectivity index (χ0) is 13.2. The number of rotatable bonds is 3. The molecule has 0 radical (unpaired) electrons. The maximum atomic E-state index is 5.89. The molecule has 0 saturated carbocycles. The molecular formula is C15H17IN2O. The molecule has 1 saturated heterocycles. The molecule has 1 aliphatic rings. The minimum Gasteiger partial charge on any atom is -0.373 e. The minimum atomic E-state index is 0.326. The number of ether oxygens (including phenoxy) is 1. The number of nitrogens with zero attached hydrogens (tertiary/aromatic N) is 2. The Bertz CT molecular complexity index is 550. The number of hydrogen-bond acceptors (Lipinski definition) is 2. The van der Waals surface area contributed by atoms with Gasteiger partial charge in [0.15, 0.2) is 0 Å². The number of halogens is 1. The van der Waals surface area contributed by atoms with Gasteiger partial charge >= 0.3 is 0 Å². The van der Waals surface area contributed by atoms with Gasteiger partial charge in [0, 0.05) is 21.5 Å². The van der Waals surface area contributed by atoms with E-state index in [-0.39, 0.29) is 0 Å². The van der Waals surface area contributed by atoms with Crippen LogP contribution in [0.4, 0.5) is 0 Å². The molecule has 2 heterocycles. The maximum Gasteiger partial charge on any atom is 0.139 e. The Morgan fingerprint density at radius 2 is 2.11 bits per heavy atom. The average Bonchev–Trinajstić information content (AvgIpc) is 3.00. The first kappa shape index (κ1) is 13.1. The van der Waals surface area contributed by atoms with Crippen LogP contribution in [0.2, 0.25) is 0 Å². The van der Waals surface area contributed by atoms with Crippen molar-refractivity contribution in [3.05, 3.63) is 40.2 Å². The predicted molar refractivity (Wildman–Crippen MR) is 83.9 cm³/mol. The van der Waals surface area contributed by atoms with Crippen LogP contribution in [0, 0.1) is 3.57 Å². The lowest BCUT2D eigenvalue weighted by Crippen LogP contribution is -2.16. The molecule has 19 heavy (non-hydrogen) atoms. The molecule has 3 rings (SSSR count). The Morgan fingerprint density at radius 1 is 1.32 bits per heavy atom. The quantitative estimate of drug-likeness (QED) is 0.773. The van der Waals surface area contributed by atoms with Gasteiger partial charge in [-0.25, -0.2) is 4.98 Å². The fraction of sp³-hybridized carbons (Fsp3) is 0.400. The van der Waals surface area contributed by atoms with E-state index in [4.69, 9.17) is 4.74 Å². The Morgan fingerprint density at radius 3 is 2.79 bits per heavy atom. The Hall–Kier alpha value is -0.880. The molecule has 1 aliphatic heterocycles. The third kappa shape index (κ3) is 3.00. The van der Waals surface area contributed by atoms with Crippen molar-refractivity contribution in [3.63, 3.8) is 0 Å². The van der Waals surface area contributed by atoms with Crippen LogP contribution in [0.15, 0.2) is 36.7 Å². The molecule has 4 heteroatoms. The summed E-state index contributed by atoms with van der Waals surface area (Å²) in [5.74, 6) is 1.03. The summed E-state index contributed by atoms with van der Waals surface area (Å²) in [7, 11) is 0. The SMILES string of the molecule is CC1CCC(Cn2ccnc2-c2ccc(I)cc2)O1. The van der Waals surface area contributed by atoms with Crippen molar-refractivity contribution in [2.24, 2.45) is 0 Å². The number of imidazole rings is 1. The topological polar surface area (TPSA) is 27.1 Å². The molecule has 1 fully saturated rings. The van der Waals surface area contributed by atoms with E-state index < -0.39 is 0 Å². The summed E-state index contributed by atoms with van der Waals surface area (Å²) in [4.78, 5) is 4.48. The first-order valence-electron chi connectivity index (χ1n) is 6.65. The lowest BCUT2D eigenvalue weighted by Gasteiger charge is -2.14. The fourth-order valence-electron chi connectivity index (χ4n) is 2.55. The minimum absolute atomic E-state index is 0.326. The summed E-state index contributed by atoms with van der Waals surface area (Å²) in [6.45, 7) is 3.04. The molecule has 0 bridgehead atoms. The summed E-state index contributed by atoms with van der Waals surface area (Å²) in [5.41, 5.74) is 1.16. The van der Waals surface area contributed by atoms with Gasteiger partial charge in [-0.1, -0.05) is 12.1 Å². The second-order valence-electron chi connectivity index (χ2n) is 5.06. The first-order chi connectivity index (χ1) is 9.22. The van der Waals surface area contributed by atoms with Crippen LogP contribution in [-0.2, 0) is 11.3 Å². The molecule has 100 valence electrons. The number of aromatic nitrogens is 2. The van der Waals surface area contributed by atoms with Crippen molar-refractivity contribution in [3.8, 4) is 11.4 Å². The second-order valence-corrected chi connectivity index (χ2v) is 6.30. The molecule has 2 atom stereocenters. The van der Waals surface area contributed by atoms with Crippen LogP contribution < -0.4 is 0 Å². The van der Waals surface area contributed by atoms with E-state index in [0.29, 0.717) is 12.2 Å². The van der Waals surface area contributed by atoms with Crippen molar-refractivity contribution in [1.82, 2.24) is 9.55 Å². The summed E-state index contributed by atoms with van der Waals surface area (Å²) in [5, 5.41) is 0. The van der Waals surface area contributed by atoms with Crippen LogP contribution in [0.3, 0.4) is 0 Å². The Kier molecular flexibility index (Phi) is 3.88. The third-order valence-corrected chi connectivity index (χ3v) is 4.26. The standard InChI is InChI=1S/C15H17IN2O/c1-11-2-7-14(19-11)10-18-9-8-17-15(18)12-3-5-13(16)6-4-12/h3-6,8-9,11,14H,2,7,10H2,1H3. The highest BCUT2D eigenvalue weighted by Crippen LogP contribution is 2.24. The van der Waals surface area contributed by atoms with E-state index in [1.54, 1.807) is 0 Å². The van der Waals surface area contributed by atoms with Crippen LogP contribution in [0.1, 0.15) is 19.8 Å².